The van der Waals surface area contributed by atoms with Crippen LogP contribution in [-0.2, 0) is 14.3 Å². The van der Waals surface area contributed by atoms with Gasteiger partial charge in [0.15, 0.2) is 0 Å². The van der Waals surface area contributed by atoms with Crippen LogP contribution in [0, 0.1) is 26.3 Å². The van der Waals surface area contributed by atoms with Gasteiger partial charge in [0.05, 0.1) is 6.61 Å². The number of aromatic hydroxyl groups is 1. The van der Waals surface area contributed by atoms with Crippen LogP contribution in [0.15, 0.2) is 42.5 Å². The summed E-state index contributed by atoms with van der Waals surface area (Å²) in [5, 5.41) is 24.8. The lowest BCUT2D eigenvalue weighted by Crippen LogP contribution is -2.52. The number of phenols is 1. The number of benzene rings is 2. The molecule has 186 valence electrons. The maximum Gasteiger partial charge on any atom is 0.408 e. The third-order valence-electron chi connectivity index (χ3n) is 4.99. The Hall–Kier alpha value is -4.03. The highest BCUT2D eigenvalue weighted by Gasteiger charge is 2.36. The minimum absolute atomic E-state index is 0.00484. The van der Waals surface area contributed by atoms with Crippen molar-refractivity contribution in [2.24, 2.45) is 0 Å². The van der Waals surface area contributed by atoms with E-state index in [4.69, 9.17) is 11.2 Å². The Balaban J connectivity index is 2.45. The van der Waals surface area contributed by atoms with Gasteiger partial charge in [0.25, 0.3) is 11.8 Å². The zero-order valence-corrected chi connectivity index (χ0v) is 20.5. The number of hydrogen-bond donors (Lipinski definition) is 4. The Labute approximate surface area is 205 Å². The third-order valence-corrected chi connectivity index (χ3v) is 4.99. The Morgan fingerprint density at radius 1 is 1.11 bits per heavy atom. The zero-order chi connectivity index (χ0) is 26.3. The average Bonchev–Trinajstić information content (AvgIpc) is 2.77. The first-order chi connectivity index (χ1) is 16.4. The molecule has 0 heterocycles. The normalized spacial score (nSPS) is 12.6. The number of aliphatic hydroxyl groups excluding tert-OH is 1. The molecule has 0 saturated heterocycles. The molecule has 0 spiro atoms. The number of para-hydroxylation sites is 1. The molecule has 9 nitrogen and oxygen atoms in total. The number of hydrogen-bond acceptors (Lipinski definition) is 6. The second-order valence-electron chi connectivity index (χ2n) is 8.97. The summed E-state index contributed by atoms with van der Waals surface area (Å²) in [6.45, 7) is 7.61. The lowest BCUT2D eigenvalue weighted by molar-refractivity contribution is -0.137. The summed E-state index contributed by atoms with van der Waals surface area (Å²) >= 11 is 0. The first kappa shape index (κ1) is 27.2. The Kier molecular flexibility index (Phi) is 8.87. The highest BCUT2D eigenvalue weighted by atomic mass is 16.6. The van der Waals surface area contributed by atoms with E-state index in [2.05, 4.69) is 16.7 Å². The molecule has 9 heteroatoms. The summed E-state index contributed by atoms with van der Waals surface area (Å²) in [4.78, 5) is 39.8. The molecular weight excluding hydrogens is 450 g/mol. The van der Waals surface area contributed by atoms with Crippen LogP contribution in [0.3, 0.4) is 0 Å². The second-order valence-corrected chi connectivity index (χ2v) is 8.97. The summed E-state index contributed by atoms with van der Waals surface area (Å²) in [5.74, 6) is -1.51. The Morgan fingerprint density at radius 2 is 1.77 bits per heavy atom. The summed E-state index contributed by atoms with van der Waals surface area (Å²) in [7, 11) is 0. The molecule has 0 aromatic heterocycles. The number of rotatable bonds is 7. The minimum Gasteiger partial charge on any atom is -0.508 e. The summed E-state index contributed by atoms with van der Waals surface area (Å²) in [6.07, 6.45) is 4.74. The first-order valence-electron chi connectivity index (χ1n) is 10.9. The Morgan fingerprint density at radius 3 is 2.31 bits per heavy atom. The number of amides is 3. The van der Waals surface area contributed by atoms with Crippen LogP contribution < -0.4 is 10.6 Å². The van der Waals surface area contributed by atoms with Crippen LogP contribution >= 0.6 is 0 Å². The number of ether oxygens (including phenoxy) is 1. The van der Waals surface area contributed by atoms with Crippen molar-refractivity contribution in [3.8, 4) is 18.2 Å². The summed E-state index contributed by atoms with van der Waals surface area (Å²) in [5.41, 5.74) is 1.27. The van der Waals surface area contributed by atoms with Gasteiger partial charge in [0.2, 0.25) is 0 Å². The van der Waals surface area contributed by atoms with Crippen LogP contribution in [0.4, 0.5) is 10.5 Å². The van der Waals surface area contributed by atoms with Crippen molar-refractivity contribution in [1.82, 2.24) is 10.2 Å². The average molecular weight is 482 g/mol. The van der Waals surface area contributed by atoms with Crippen molar-refractivity contribution in [2.45, 2.75) is 52.3 Å². The maximum atomic E-state index is 13.4. The zero-order valence-electron chi connectivity index (χ0n) is 20.5. The number of phenolic OH excluding ortho intramolecular Hbond substituents is 1. The number of nitrogens with one attached hydrogen (secondary N) is 2. The van der Waals surface area contributed by atoms with Crippen molar-refractivity contribution >= 4 is 23.6 Å². The maximum absolute atomic E-state index is 13.4. The van der Waals surface area contributed by atoms with Crippen LogP contribution in [0.2, 0.25) is 0 Å². The van der Waals surface area contributed by atoms with Crippen LogP contribution in [0.25, 0.3) is 0 Å². The molecule has 0 saturated carbocycles. The summed E-state index contributed by atoms with van der Waals surface area (Å²) < 4.78 is 5.16. The molecule has 35 heavy (non-hydrogen) atoms. The fraction of sp³-hybridized carbons (Fsp3) is 0.346. The van der Waals surface area contributed by atoms with Gasteiger partial charge in [0, 0.05) is 11.7 Å². The lowest BCUT2D eigenvalue weighted by atomic mass is 10.0. The molecule has 0 fully saturated rings. The molecule has 2 aromatic rings. The number of aliphatic hydroxyl groups is 1. The van der Waals surface area contributed by atoms with E-state index in [9.17, 15) is 24.6 Å². The number of nitrogens with zero attached hydrogens (tertiary/aromatic N) is 1. The SMILES string of the molecule is C#CN(C(=O)C(CO)NC(=O)OC(C)(C)C)C(C(=O)Nc1ccccc1C)c1ccc(O)c(C)c1. The molecule has 4 N–H and O–H groups in total. The molecule has 2 unspecified atom stereocenters. The first-order valence-corrected chi connectivity index (χ1v) is 10.9. The molecule has 3 amide bonds. The molecule has 0 aliphatic carbocycles. The molecule has 0 bridgehead atoms. The smallest absolute Gasteiger partial charge is 0.408 e. The fourth-order valence-electron chi connectivity index (χ4n) is 3.25. The Bertz CT molecular complexity index is 1130. The number of aryl methyl sites for hydroxylation is 2. The van der Waals surface area contributed by atoms with Gasteiger partial charge in [-0.15, -0.1) is 0 Å². The van der Waals surface area contributed by atoms with E-state index < -0.39 is 42.2 Å². The van der Waals surface area contributed by atoms with Gasteiger partial charge in [-0.1, -0.05) is 30.7 Å². The second kappa shape index (κ2) is 11.4. The van der Waals surface area contributed by atoms with Crippen molar-refractivity contribution in [2.75, 3.05) is 11.9 Å². The van der Waals surface area contributed by atoms with E-state index in [0.29, 0.717) is 16.8 Å². The van der Waals surface area contributed by atoms with Crippen molar-refractivity contribution < 1.29 is 29.3 Å². The van der Waals surface area contributed by atoms with E-state index in [1.165, 1.54) is 18.2 Å². The molecule has 0 radical (unpaired) electrons. The van der Waals surface area contributed by atoms with Gasteiger partial charge in [-0.05, 0) is 69.5 Å². The van der Waals surface area contributed by atoms with Crippen LogP contribution in [-0.4, -0.2) is 51.3 Å². The fourth-order valence-corrected chi connectivity index (χ4v) is 3.25. The largest absolute Gasteiger partial charge is 0.508 e. The molecule has 2 atom stereocenters. The van der Waals surface area contributed by atoms with Gasteiger partial charge in [-0.25, -0.2) is 4.79 Å². The molecule has 2 rings (SSSR count). The number of terminal acetylenes is 1. The van der Waals surface area contributed by atoms with Gasteiger partial charge < -0.3 is 25.6 Å². The number of alkyl carbamates (subject to hydrolysis) is 1. The topological polar surface area (TPSA) is 128 Å². The molecule has 0 aliphatic rings. The van der Waals surface area contributed by atoms with Crippen molar-refractivity contribution in [3.63, 3.8) is 0 Å². The van der Waals surface area contributed by atoms with Crippen LogP contribution in [0.1, 0.15) is 43.5 Å². The highest BCUT2D eigenvalue weighted by molar-refractivity contribution is 6.00. The number of carbonyl (C=O) groups is 3. The molecule has 2 aromatic carbocycles. The van der Waals surface area contributed by atoms with E-state index in [0.717, 1.165) is 10.5 Å². The van der Waals surface area contributed by atoms with Gasteiger partial charge in [-0.2, -0.15) is 0 Å². The van der Waals surface area contributed by atoms with E-state index in [-0.39, 0.29) is 5.75 Å². The van der Waals surface area contributed by atoms with E-state index >= 15 is 0 Å². The van der Waals surface area contributed by atoms with Crippen molar-refractivity contribution in [3.05, 3.63) is 59.2 Å². The minimum atomic E-state index is -1.46. The molecular formula is C26H31N3O6. The predicted octanol–water partition coefficient (Wildman–Crippen LogP) is 2.99. The standard InChI is InChI=1S/C26H31N3O6/c1-7-29(24(33)20(15-30)28-25(34)35-26(4,5)6)22(18-12-13-21(31)17(3)14-18)23(32)27-19-11-9-8-10-16(19)2/h1,8-14,20,22,30-31H,15H2,2-6H3,(H,27,32)(H,28,34). The van der Waals surface area contributed by atoms with E-state index in [1.807, 2.05) is 19.1 Å². The number of anilines is 1. The van der Waals surface area contributed by atoms with Gasteiger partial charge >= 0.3 is 6.09 Å². The number of carbonyl (C=O) groups excluding carboxylic acids is 3. The van der Waals surface area contributed by atoms with Gasteiger partial charge in [-0.3, -0.25) is 14.5 Å². The van der Waals surface area contributed by atoms with Gasteiger partial charge in [0.1, 0.15) is 23.4 Å². The molecule has 0 aliphatic heterocycles. The highest BCUT2D eigenvalue weighted by Crippen LogP contribution is 2.28. The lowest BCUT2D eigenvalue weighted by Gasteiger charge is -2.30. The van der Waals surface area contributed by atoms with Crippen molar-refractivity contribution in [1.29, 1.82) is 0 Å². The summed E-state index contributed by atoms with van der Waals surface area (Å²) in [6, 6.07) is 10.9. The monoisotopic (exact) mass is 481 g/mol. The quantitative estimate of drug-likeness (QED) is 0.356. The van der Waals surface area contributed by atoms with Crippen LogP contribution in [0.5, 0.6) is 5.75 Å². The third kappa shape index (κ3) is 7.22. The van der Waals surface area contributed by atoms with E-state index in [1.54, 1.807) is 39.8 Å². The predicted molar refractivity (Wildman–Crippen MR) is 131 cm³/mol.